The van der Waals surface area contributed by atoms with Crippen LogP contribution in [0.15, 0.2) is 101 Å². The topological polar surface area (TPSA) is 91.6 Å². The summed E-state index contributed by atoms with van der Waals surface area (Å²) < 4.78 is 27.3. The van der Waals surface area contributed by atoms with Gasteiger partial charge in [0.15, 0.2) is 0 Å². The summed E-state index contributed by atoms with van der Waals surface area (Å²) in [5, 5.41) is 16.7. The van der Waals surface area contributed by atoms with Crippen LogP contribution in [0, 0.1) is 11.3 Å². The van der Waals surface area contributed by atoms with Gasteiger partial charge in [-0.15, -0.1) is 0 Å². The quantitative estimate of drug-likeness (QED) is 0.595. The molecular weight excluding hydrogens is 386 g/mol. The van der Waals surface area contributed by atoms with E-state index in [2.05, 4.69) is 20.8 Å². The van der Waals surface area contributed by atoms with Crippen LogP contribution in [0.4, 0.5) is 0 Å². The highest BCUT2D eigenvalue weighted by atomic mass is 32.2. The van der Waals surface area contributed by atoms with Crippen molar-refractivity contribution in [3.8, 4) is 6.07 Å². The molecule has 0 amide bonds. The molecule has 0 heterocycles. The lowest BCUT2D eigenvalue weighted by atomic mass is 9.96. The Hall–Kier alpha value is -3.63. The second-order valence-electron chi connectivity index (χ2n) is 6.27. The van der Waals surface area contributed by atoms with Gasteiger partial charge in [-0.1, -0.05) is 59.8 Å². The van der Waals surface area contributed by atoms with Crippen molar-refractivity contribution in [1.29, 1.82) is 5.26 Å². The molecule has 7 heteroatoms. The summed E-state index contributed by atoms with van der Waals surface area (Å²) in [4.78, 5) is 0. The molecule has 0 saturated heterocycles. The average molecular weight is 405 g/mol. The van der Waals surface area contributed by atoms with Crippen LogP contribution in [0.2, 0.25) is 0 Å². The molecule has 1 N–H and O–H groups in total. The van der Waals surface area contributed by atoms with Gasteiger partial charge >= 0.3 is 10.1 Å². The maximum absolute atomic E-state index is 11.3. The molecule has 0 atom stereocenters. The first kappa shape index (κ1) is 20.1. The molecule has 0 fully saturated rings. The zero-order valence-electron chi connectivity index (χ0n) is 15.7. The third-order valence-corrected chi connectivity index (χ3v) is 4.34. The molecule has 146 valence electrons. The fourth-order valence-corrected chi connectivity index (χ4v) is 2.91. The molecule has 1 aromatic carbocycles. The van der Waals surface area contributed by atoms with Crippen molar-refractivity contribution >= 4 is 21.4 Å². The number of nitrogens with one attached hydrogen (secondary N) is 1. The van der Waals surface area contributed by atoms with Crippen LogP contribution in [0.25, 0.3) is 5.57 Å². The summed E-state index contributed by atoms with van der Waals surface area (Å²) in [5.74, 6) is 0. The first-order valence-electron chi connectivity index (χ1n) is 8.83. The minimum atomic E-state index is -3.74. The Morgan fingerprint density at radius 2 is 1.97 bits per heavy atom. The van der Waals surface area contributed by atoms with Gasteiger partial charge in [0.25, 0.3) is 0 Å². The number of nitrogens with zero attached hydrogens (tertiary/aromatic N) is 2. The SMILES string of the molecule is CS(=O)(=O)O/N=C1C=C/C(=C(/C#N)c2ccccc2)C=C/1NC1=CC=CCC=C1. The predicted octanol–water partition coefficient (Wildman–Crippen LogP) is 3.74. The van der Waals surface area contributed by atoms with E-state index < -0.39 is 10.1 Å². The maximum atomic E-state index is 11.3. The van der Waals surface area contributed by atoms with Gasteiger partial charge in [0.05, 0.1) is 17.5 Å². The standard InChI is InChI=1S/C22H19N3O3S/c1-29(26,27)28-25-21-14-13-18(20(16-23)17-9-5-4-6-10-17)15-22(21)24-19-11-7-2-3-8-12-19/h2,4-15,24H,3H2,1H3/b20-18+,25-21-. The van der Waals surface area contributed by atoms with Gasteiger partial charge < -0.3 is 5.32 Å². The van der Waals surface area contributed by atoms with E-state index in [0.717, 1.165) is 23.9 Å². The summed E-state index contributed by atoms with van der Waals surface area (Å²) in [5.41, 5.74) is 3.57. The Morgan fingerprint density at radius 3 is 2.69 bits per heavy atom. The van der Waals surface area contributed by atoms with Crippen molar-refractivity contribution < 1.29 is 12.7 Å². The van der Waals surface area contributed by atoms with E-state index in [0.29, 0.717) is 22.6 Å². The van der Waals surface area contributed by atoms with Crippen LogP contribution in [0.3, 0.4) is 0 Å². The van der Waals surface area contributed by atoms with Crippen molar-refractivity contribution in [1.82, 2.24) is 5.32 Å². The third-order valence-electron chi connectivity index (χ3n) is 3.99. The van der Waals surface area contributed by atoms with Crippen LogP contribution in [-0.2, 0) is 14.4 Å². The molecule has 0 spiro atoms. The van der Waals surface area contributed by atoms with E-state index in [1.165, 1.54) is 0 Å². The highest BCUT2D eigenvalue weighted by Crippen LogP contribution is 2.24. The average Bonchev–Trinajstić information content (AvgIpc) is 2.97. The highest BCUT2D eigenvalue weighted by molar-refractivity contribution is 7.85. The van der Waals surface area contributed by atoms with Gasteiger partial charge in [0, 0.05) is 5.70 Å². The lowest BCUT2D eigenvalue weighted by Gasteiger charge is -2.16. The molecule has 1 aromatic rings. The van der Waals surface area contributed by atoms with Crippen molar-refractivity contribution in [3.05, 3.63) is 101 Å². The van der Waals surface area contributed by atoms with Crippen molar-refractivity contribution in [3.63, 3.8) is 0 Å². The van der Waals surface area contributed by atoms with Gasteiger partial charge in [-0.05, 0) is 41.9 Å². The van der Waals surface area contributed by atoms with Crippen LogP contribution in [0.5, 0.6) is 0 Å². The van der Waals surface area contributed by atoms with Gasteiger partial charge in [-0.2, -0.15) is 13.7 Å². The fraction of sp³-hybridized carbons (Fsp3) is 0.0909. The van der Waals surface area contributed by atoms with E-state index in [1.807, 2.05) is 60.7 Å². The molecule has 0 radical (unpaired) electrons. The molecular formula is C22H19N3O3S. The minimum absolute atomic E-state index is 0.298. The molecule has 6 nitrogen and oxygen atoms in total. The van der Waals surface area contributed by atoms with E-state index in [4.69, 9.17) is 0 Å². The number of nitriles is 1. The molecule has 0 unspecified atom stereocenters. The van der Waals surface area contributed by atoms with Crippen LogP contribution in [-0.4, -0.2) is 20.4 Å². The van der Waals surface area contributed by atoms with Crippen molar-refractivity contribution in [2.24, 2.45) is 5.16 Å². The Labute approximate surface area is 170 Å². The lowest BCUT2D eigenvalue weighted by Crippen LogP contribution is -2.21. The fourth-order valence-electron chi connectivity index (χ4n) is 2.70. The number of hydrogen-bond donors (Lipinski definition) is 1. The van der Waals surface area contributed by atoms with Crippen LogP contribution < -0.4 is 5.32 Å². The Balaban J connectivity index is 2.04. The van der Waals surface area contributed by atoms with Gasteiger partial charge in [0.1, 0.15) is 11.8 Å². The van der Waals surface area contributed by atoms with E-state index >= 15 is 0 Å². The normalized spacial score (nSPS) is 19.1. The largest absolute Gasteiger partial charge is 0.354 e. The molecule has 2 aliphatic rings. The molecule has 0 saturated carbocycles. The number of oxime groups is 1. The first-order valence-corrected chi connectivity index (χ1v) is 10.6. The summed E-state index contributed by atoms with van der Waals surface area (Å²) >= 11 is 0. The Bertz CT molecular complexity index is 1140. The Morgan fingerprint density at radius 1 is 1.17 bits per heavy atom. The van der Waals surface area contributed by atoms with Gasteiger partial charge in [-0.3, -0.25) is 4.28 Å². The molecule has 3 rings (SSSR count). The second-order valence-corrected chi connectivity index (χ2v) is 7.83. The number of allylic oxidation sites excluding steroid dienone is 10. The smallest absolute Gasteiger partial charge is 0.325 e. The summed E-state index contributed by atoms with van der Waals surface area (Å²) in [7, 11) is -3.74. The Kier molecular flexibility index (Phi) is 6.27. The van der Waals surface area contributed by atoms with Crippen LogP contribution >= 0.6 is 0 Å². The van der Waals surface area contributed by atoms with Crippen molar-refractivity contribution in [2.45, 2.75) is 6.42 Å². The van der Waals surface area contributed by atoms with Gasteiger partial charge in [-0.25, -0.2) is 0 Å². The maximum Gasteiger partial charge on any atom is 0.325 e. The number of rotatable bonds is 5. The number of hydrogen-bond acceptors (Lipinski definition) is 6. The molecule has 2 aliphatic carbocycles. The van der Waals surface area contributed by atoms with Crippen LogP contribution in [0.1, 0.15) is 12.0 Å². The molecule has 0 aromatic heterocycles. The first-order chi connectivity index (χ1) is 14.0. The lowest BCUT2D eigenvalue weighted by molar-refractivity contribution is 0.343. The number of benzene rings is 1. The molecule has 0 aliphatic heterocycles. The minimum Gasteiger partial charge on any atom is -0.354 e. The second kappa shape index (κ2) is 9.04. The monoisotopic (exact) mass is 405 g/mol. The van der Waals surface area contributed by atoms with E-state index in [1.54, 1.807) is 18.2 Å². The van der Waals surface area contributed by atoms with E-state index in [-0.39, 0.29) is 0 Å². The molecule has 0 bridgehead atoms. The predicted molar refractivity (Wildman–Crippen MR) is 114 cm³/mol. The summed E-state index contributed by atoms with van der Waals surface area (Å²) in [6.07, 6.45) is 16.5. The summed E-state index contributed by atoms with van der Waals surface area (Å²) in [6.45, 7) is 0. The highest BCUT2D eigenvalue weighted by Gasteiger charge is 2.16. The third kappa shape index (κ3) is 5.67. The van der Waals surface area contributed by atoms with Crippen molar-refractivity contribution in [2.75, 3.05) is 6.26 Å². The summed E-state index contributed by atoms with van der Waals surface area (Å²) in [6, 6.07) is 11.6. The zero-order chi connectivity index (χ0) is 20.7. The zero-order valence-corrected chi connectivity index (χ0v) is 16.6. The molecule has 29 heavy (non-hydrogen) atoms. The van der Waals surface area contributed by atoms with Gasteiger partial charge in [0.2, 0.25) is 0 Å². The van der Waals surface area contributed by atoms with E-state index in [9.17, 15) is 13.7 Å².